The Labute approximate surface area is 123 Å². The fraction of sp³-hybridized carbons (Fsp3) is 0.500. The van der Waals surface area contributed by atoms with E-state index >= 15 is 0 Å². The molecule has 0 amide bonds. The normalized spacial score (nSPS) is 33.2. The Morgan fingerprint density at radius 1 is 1.56 bits per heavy atom. The summed E-state index contributed by atoms with van der Waals surface area (Å²) < 4.78 is 14.7. The van der Waals surface area contributed by atoms with E-state index in [0.29, 0.717) is 18.3 Å². The average molecular weight is 358 g/mol. The van der Waals surface area contributed by atoms with Crippen LogP contribution in [0.1, 0.15) is 33.1 Å². The molecule has 0 aromatic carbocycles. The highest BCUT2D eigenvalue weighted by molar-refractivity contribution is 14.1. The quantitative estimate of drug-likeness (QED) is 0.437. The van der Waals surface area contributed by atoms with Crippen LogP contribution in [0.4, 0.5) is 4.39 Å². The molecule has 0 aliphatic heterocycles. The maximum absolute atomic E-state index is 13.5. The molecular formula is C16H20FI. The standard InChI is InChI=1S/C16H20FI/c1-4-5-14(18)9-12-8-11-6-7-13(17)10-15(11)16(12,2)3/h4-5,9-11,15H,1,6-8H2,2-3H3/b12-9+,14-5+. The maximum atomic E-state index is 13.5. The number of hydrogen-bond donors (Lipinski definition) is 0. The lowest BCUT2D eigenvalue weighted by molar-refractivity contribution is 0.264. The Morgan fingerprint density at radius 2 is 2.28 bits per heavy atom. The molecule has 0 saturated heterocycles. The van der Waals surface area contributed by atoms with Crippen LogP contribution in [-0.2, 0) is 0 Å². The molecule has 0 radical (unpaired) electrons. The molecule has 2 atom stereocenters. The van der Waals surface area contributed by atoms with Crippen LogP contribution >= 0.6 is 22.6 Å². The first kappa shape index (κ1) is 14.0. The van der Waals surface area contributed by atoms with Crippen LogP contribution in [-0.4, -0.2) is 0 Å². The van der Waals surface area contributed by atoms with Crippen molar-refractivity contribution < 1.29 is 4.39 Å². The summed E-state index contributed by atoms with van der Waals surface area (Å²) in [6.45, 7) is 8.22. The third-order valence-electron chi connectivity index (χ3n) is 4.35. The highest BCUT2D eigenvalue weighted by Gasteiger charge is 2.45. The lowest BCUT2D eigenvalue weighted by Crippen LogP contribution is -2.23. The summed E-state index contributed by atoms with van der Waals surface area (Å²) in [4.78, 5) is 0. The molecule has 1 fully saturated rings. The van der Waals surface area contributed by atoms with E-state index in [0.717, 1.165) is 12.8 Å². The smallest absolute Gasteiger partial charge is 0.0963 e. The predicted molar refractivity (Wildman–Crippen MR) is 84.2 cm³/mol. The van der Waals surface area contributed by atoms with E-state index in [1.54, 1.807) is 0 Å². The highest BCUT2D eigenvalue weighted by atomic mass is 127. The van der Waals surface area contributed by atoms with Crippen LogP contribution in [0, 0.1) is 17.3 Å². The van der Waals surface area contributed by atoms with Gasteiger partial charge in [-0.1, -0.05) is 32.1 Å². The Hall–Kier alpha value is -0.380. The van der Waals surface area contributed by atoms with Gasteiger partial charge in [0.1, 0.15) is 0 Å². The summed E-state index contributed by atoms with van der Waals surface area (Å²) in [5, 5.41) is 0. The van der Waals surface area contributed by atoms with Gasteiger partial charge in [-0.3, -0.25) is 0 Å². The monoisotopic (exact) mass is 358 g/mol. The van der Waals surface area contributed by atoms with E-state index in [2.05, 4.69) is 49.1 Å². The van der Waals surface area contributed by atoms with Gasteiger partial charge in [-0.2, -0.15) is 0 Å². The Kier molecular flexibility index (Phi) is 4.15. The summed E-state index contributed by atoms with van der Waals surface area (Å²) in [6, 6.07) is 0. The Balaban J connectivity index is 2.32. The summed E-state index contributed by atoms with van der Waals surface area (Å²) in [5.74, 6) is 1.08. The molecule has 0 heterocycles. The predicted octanol–water partition coefficient (Wildman–Crippen LogP) is 5.73. The topological polar surface area (TPSA) is 0 Å². The van der Waals surface area contributed by atoms with Gasteiger partial charge in [0.05, 0.1) is 5.83 Å². The van der Waals surface area contributed by atoms with Gasteiger partial charge in [0.25, 0.3) is 0 Å². The van der Waals surface area contributed by atoms with Crippen molar-refractivity contribution in [3.8, 4) is 0 Å². The molecular weight excluding hydrogens is 338 g/mol. The van der Waals surface area contributed by atoms with Crippen LogP contribution in [0.3, 0.4) is 0 Å². The van der Waals surface area contributed by atoms with Crippen LogP contribution < -0.4 is 0 Å². The first-order valence-corrected chi connectivity index (χ1v) is 7.58. The lowest BCUT2D eigenvalue weighted by Gasteiger charge is -2.31. The minimum Gasteiger partial charge on any atom is -0.212 e. The number of halogens is 2. The van der Waals surface area contributed by atoms with Gasteiger partial charge in [-0.25, -0.2) is 4.39 Å². The van der Waals surface area contributed by atoms with Crippen LogP contribution in [0.2, 0.25) is 0 Å². The maximum Gasteiger partial charge on any atom is 0.0963 e. The zero-order valence-corrected chi connectivity index (χ0v) is 13.2. The highest BCUT2D eigenvalue weighted by Crippen LogP contribution is 2.55. The molecule has 98 valence electrons. The van der Waals surface area contributed by atoms with Crippen molar-refractivity contribution in [3.63, 3.8) is 0 Å². The molecule has 2 heteroatoms. The third-order valence-corrected chi connectivity index (χ3v) is 5.03. The molecule has 2 aliphatic carbocycles. The van der Waals surface area contributed by atoms with E-state index in [9.17, 15) is 4.39 Å². The zero-order chi connectivity index (χ0) is 13.3. The number of rotatable bonds is 2. The van der Waals surface area contributed by atoms with Gasteiger partial charge in [-0.15, -0.1) is 0 Å². The summed E-state index contributed by atoms with van der Waals surface area (Å²) >= 11 is 2.33. The molecule has 2 aliphatic rings. The fourth-order valence-electron chi connectivity index (χ4n) is 3.28. The van der Waals surface area contributed by atoms with Gasteiger partial charge in [0, 0.05) is 3.58 Å². The van der Waals surface area contributed by atoms with Crippen LogP contribution in [0.5, 0.6) is 0 Å². The summed E-state index contributed by atoms with van der Waals surface area (Å²) in [7, 11) is 0. The van der Waals surface area contributed by atoms with Crippen molar-refractivity contribution in [1.82, 2.24) is 0 Å². The summed E-state index contributed by atoms with van der Waals surface area (Å²) in [5.41, 5.74) is 1.53. The zero-order valence-electron chi connectivity index (χ0n) is 11.0. The molecule has 0 nitrogen and oxygen atoms in total. The number of fused-ring (bicyclic) bond motifs is 1. The fourth-order valence-corrected chi connectivity index (χ4v) is 3.91. The number of allylic oxidation sites excluding steroid dienone is 7. The van der Waals surface area contributed by atoms with Gasteiger partial charge < -0.3 is 0 Å². The van der Waals surface area contributed by atoms with E-state index in [-0.39, 0.29) is 11.2 Å². The van der Waals surface area contributed by atoms with E-state index in [1.807, 2.05) is 18.2 Å². The van der Waals surface area contributed by atoms with Crippen molar-refractivity contribution in [3.05, 3.63) is 45.9 Å². The van der Waals surface area contributed by atoms with Crippen molar-refractivity contribution in [2.24, 2.45) is 17.3 Å². The van der Waals surface area contributed by atoms with E-state index in [1.165, 1.54) is 9.15 Å². The largest absolute Gasteiger partial charge is 0.212 e. The molecule has 0 bridgehead atoms. The molecule has 0 aromatic heterocycles. The van der Waals surface area contributed by atoms with E-state index in [4.69, 9.17) is 0 Å². The van der Waals surface area contributed by atoms with Crippen molar-refractivity contribution >= 4 is 22.6 Å². The third kappa shape index (κ3) is 2.63. The number of hydrogen-bond acceptors (Lipinski definition) is 0. The average Bonchev–Trinajstić information content (AvgIpc) is 2.52. The van der Waals surface area contributed by atoms with Gasteiger partial charge in [-0.05, 0) is 77.3 Å². The molecule has 0 spiro atoms. The second kappa shape index (κ2) is 5.32. The molecule has 18 heavy (non-hydrogen) atoms. The molecule has 0 N–H and O–H groups in total. The lowest BCUT2D eigenvalue weighted by atomic mass is 9.73. The van der Waals surface area contributed by atoms with Gasteiger partial charge >= 0.3 is 0 Å². The Morgan fingerprint density at radius 3 is 2.94 bits per heavy atom. The van der Waals surface area contributed by atoms with Gasteiger partial charge in [0.15, 0.2) is 0 Å². The molecule has 0 aromatic rings. The molecule has 2 unspecified atom stereocenters. The second-order valence-electron chi connectivity index (χ2n) is 5.82. The minimum atomic E-state index is 0.0772. The molecule has 1 saturated carbocycles. The second-order valence-corrected chi connectivity index (χ2v) is 7.07. The molecule has 2 rings (SSSR count). The van der Waals surface area contributed by atoms with Crippen molar-refractivity contribution in [2.45, 2.75) is 33.1 Å². The van der Waals surface area contributed by atoms with Crippen molar-refractivity contribution in [1.29, 1.82) is 0 Å². The van der Waals surface area contributed by atoms with Crippen LogP contribution in [0.25, 0.3) is 0 Å². The van der Waals surface area contributed by atoms with Crippen molar-refractivity contribution in [2.75, 3.05) is 0 Å². The first-order valence-electron chi connectivity index (χ1n) is 6.50. The minimum absolute atomic E-state index is 0.0772. The SMILES string of the molecule is C=C/C=C(I)\C=C1/CC2CCC(F)=CC2C1(C)C. The van der Waals surface area contributed by atoms with Crippen LogP contribution in [0.15, 0.2) is 45.9 Å². The Bertz CT molecular complexity index is 440. The van der Waals surface area contributed by atoms with Gasteiger partial charge in [0.2, 0.25) is 0 Å². The summed E-state index contributed by atoms with van der Waals surface area (Å²) in [6.07, 6.45) is 10.7. The first-order chi connectivity index (χ1) is 8.45. The van der Waals surface area contributed by atoms with E-state index < -0.39 is 0 Å².